The van der Waals surface area contributed by atoms with Crippen LogP contribution in [0.25, 0.3) is 0 Å². The maximum Gasteiger partial charge on any atom is 0.335 e. The average molecular weight is 357 g/mol. The Morgan fingerprint density at radius 3 is 2.42 bits per heavy atom. The third-order valence-corrected chi connectivity index (χ3v) is 3.91. The van der Waals surface area contributed by atoms with Gasteiger partial charge in [0.05, 0.1) is 18.4 Å². The number of carbonyl (C=O) groups is 2. The minimum absolute atomic E-state index is 0.0784. The fourth-order valence-electron chi connectivity index (χ4n) is 2.37. The Morgan fingerprint density at radius 1 is 1.08 bits per heavy atom. The first-order valence-electron chi connectivity index (χ1n) is 8.30. The molecule has 2 aromatic rings. The van der Waals surface area contributed by atoms with Gasteiger partial charge in [-0.15, -0.1) is 0 Å². The summed E-state index contributed by atoms with van der Waals surface area (Å²) in [6.07, 6.45) is -0.735. The van der Waals surface area contributed by atoms with Crippen molar-refractivity contribution >= 4 is 17.6 Å². The van der Waals surface area contributed by atoms with Gasteiger partial charge in [-0.25, -0.2) is 4.79 Å². The first-order valence-corrected chi connectivity index (χ1v) is 8.30. The molecule has 138 valence electrons. The highest BCUT2D eigenvalue weighted by Crippen LogP contribution is 2.26. The van der Waals surface area contributed by atoms with E-state index in [-0.39, 0.29) is 17.2 Å². The van der Waals surface area contributed by atoms with Gasteiger partial charge in [-0.2, -0.15) is 0 Å². The number of carbonyl (C=O) groups excluding carboxylic acids is 1. The zero-order valence-corrected chi connectivity index (χ0v) is 15.3. The van der Waals surface area contributed by atoms with E-state index in [0.29, 0.717) is 17.4 Å². The van der Waals surface area contributed by atoms with Gasteiger partial charge in [0.2, 0.25) is 0 Å². The molecule has 0 fully saturated rings. The standard InChI is InChI=1S/C20H23NO5/c1-12(2)14-6-5-7-16(10-14)26-13(3)19(22)21-17-9-8-15(20(23)24)11-18(17)25-4/h5-13H,1-4H3,(H,21,22)(H,23,24). The highest BCUT2D eigenvalue weighted by Gasteiger charge is 2.18. The zero-order valence-electron chi connectivity index (χ0n) is 15.3. The van der Waals surface area contributed by atoms with Gasteiger partial charge in [0.15, 0.2) is 6.10 Å². The lowest BCUT2D eigenvalue weighted by Gasteiger charge is -2.17. The average Bonchev–Trinajstić information content (AvgIpc) is 2.61. The maximum absolute atomic E-state index is 12.4. The summed E-state index contributed by atoms with van der Waals surface area (Å²) >= 11 is 0. The number of anilines is 1. The van der Waals surface area contributed by atoms with Crippen molar-refractivity contribution in [3.05, 3.63) is 53.6 Å². The normalized spacial score (nSPS) is 11.7. The maximum atomic E-state index is 12.4. The molecule has 0 spiro atoms. The Bertz CT molecular complexity index is 801. The van der Waals surface area contributed by atoms with Crippen LogP contribution in [0.5, 0.6) is 11.5 Å². The van der Waals surface area contributed by atoms with Crippen molar-refractivity contribution in [2.45, 2.75) is 32.8 Å². The predicted octanol–water partition coefficient (Wildman–Crippen LogP) is 3.92. The highest BCUT2D eigenvalue weighted by molar-refractivity contribution is 5.96. The van der Waals surface area contributed by atoms with Crippen LogP contribution in [0.4, 0.5) is 5.69 Å². The number of hydrogen-bond donors (Lipinski definition) is 2. The number of rotatable bonds is 7. The largest absolute Gasteiger partial charge is 0.495 e. The Balaban J connectivity index is 2.09. The van der Waals surface area contributed by atoms with Crippen LogP contribution in [0.2, 0.25) is 0 Å². The third kappa shape index (κ3) is 4.75. The molecule has 0 aliphatic heterocycles. The number of nitrogens with one attached hydrogen (secondary N) is 1. The van der Waals surface area contributed by atoms with Crippen molar-refractivity contribution in [1.82, 2.24) is 0 Å². The van der Waals surface area contributed by atoms with Crippen LogP contribution in [0, 0.1) is 0 Å². The quantitative estimate of drug-likeness (QED) is 0.784. The van der Waals surface area contributed by atoms with Crippen LogP contribution >= 0.6 is 0 Å². The van der Waals surface area contributed by atoms with Crippen molar-refractivity contribution in [2.75, 3.05) is 12.4 Å². The Hall–Kier alpha value is -3.02. The van der Waals surface area contributed by atoms with Gasteiger partial charge in [0.1, 0.15) is 11.5 Å². The highest BCUT2D eigenvalue weighted by atomic mass is 16.5. The van der Waals surface area contributed by atoms with Gasteiger partial charge >= 0.3 is 5.97 Å². The van der Waals surface area contributed by atoms with Crippen LogP contribution in [0.3, 0.4) is 0 Å². The summed E-state index contributed by atoms with van der Waals surface area (Å²) in [7, 11) is 1.41. The first-order chi connectivity index (χ1) is 12.3. The van der Waals surface area contributed by atoms with E-state index in [4.69, 9.17) is 14.6 Å². The molecule has 2 rings (SSSR count). The van der Waals surface area contributed by atoms with Crippen LogP contribution in [-0.4, -0.2) is 30.2 Å². The second-order valence-corrected chi connectivity index (χ2v) is 6.20. The summed E-state index contributed by atoms with van der Waals surface area (Å²) in [6, 6.07) is 11.9. The number of amides is 1. The molecule has 6 nitrogen and oxygen atoms in total. The lowest BCUT2D eigenvalue weighted by molar-refractivity contribution is -0.122. The van der Waals surface area contributed by atoms with Crippen LogP contribution in [-0.2, 0) is 4.79 Å². The first kappa shape index (κ1) is 19.3. The number of methoxy groups -OCH3 is 1. The van der Waals surface area contributed by atoms with Crippen molar-refractivity contribution < 1.29 is 24.2 Å². The van der Waals surface area contributed by atoms with Crippen LogP contribution in [0.1, 0.15) is 42.6 Å². The fourth-order valence-corrected chi connectivity index (χ4v) is 2.37. The number of carboxylic acid groups (broad SMARTS) is 1. The molecular formula is C20H23NO5. The molecule has 1 unspecified atom stereocenters. The Morgan fingerprint density at radius 2 is 1.81 bits per heavy atom. The Kier molecular flexibility index (Phi) is 6.22. The van der Waals surface area contributed by atoms with E-state index in [2.05, 4.69) is 19.2 Å². The lowest BCUT2D eigenvalue weighted by Crippen LogP contribution is -2.30. The SMILES string of the molecule is COc1cc(C(=O)O)ccc1NC(=O)C(C)Oc1cccc(C(C)C)c1. The smallest absolute Gasteiger partial charge is 0.335 e. The summed E-state index contributed by atoms with van der Waals surface area (Å²) in [6.45, 7) is 5.82. The van der Waals surface area contributed by atoms with Gasteiger partial charge < -0.3 is 19.9 Å². The molecule has 2 aromatic carbocycles. The van der Waals surface area contributed by atoms with E-state index in [0.717, 1.165) is 5.56 Å². The summed E-state index contributed by atoms with van der Waals surface area (Å²) in [5.41, 5.74) is 1.59. The molecule has 1 amide bonds. The van der Waals surface area contributed by atoms with E-state index in [1.807, 2.05) is 18.2 Å². The molecule has 2 N–H and O–H groups in total. The number of aromatic carboxylic acids is 1. The molecule has 0 aliphatic carbocycles. The minimum atomic E-state index is -1.07. The van der Waals surface area contributed by atoms with Gasteiger partial charge in [-0.1, -0.05) is 26.0 Å². The number of hydrogen-bond acceptors (Lipinski definition) is 4. The number of benzene rings is 2. The fraction of sp³-hybridized carbons (Fsp3) is 0.300. The third-order valence-electron chi connectivity index (χ3n) is 3.91. The number of ether oxygens (including phenoxy) is 2. The molecule has 0 aliphatic rings. The molecule has 0 saturated heterocycles. The van der Waals surface area contributed by atoms with Gasteiger partial charge in [-0.05, 0) is 48.7 Å². The summed E-state index contributed by atoms with van der Waals surface area (Å²) < 4.78 is 10.9. The van der Waals surface area contributed by atoms with Crippen molar-refractivity contribution in [2.24, 2.45) is 0 Å². The van der Waals surface area contributed by atoms with Crippen LogP contribution < -0.4 is 14.8 Å². The van der Waals surface area contributed by atoms with E-state index in [1.165, 1.54) is 25.3 Å². The predicted molar refractivity (Wildman–Crippen MR) is 99.2 cm³/mol. The van der Waals surface area contributed by atoms with Crippen molar-refractivity contribution in [1.29, 1.82) is 0 Å². The summed E-state index contributed by atoms with van der Waals surface area (Å²) in [5, 5.41) is 11.7. The molecule has 0 heterocycles. The van der Waals surface area contributed by atoms with E-state index < -0.39 is 12.1 Å². The molecule has 1 atom stereocenters. The molecule has 0 saturated carbocycles. The van der Waals surface area contributed by atoms with Gasteiger partial charge in [0, 0.05) is 0 Å². The molecule has 0 bridgehead atoms. The summed E-state index contributed by atoms with van der Waals surface area (Å²) in [5.74, 6) is -0.178. The second kappa shape index (κ2) is 8.38. The van der Waals surface area contributed by atoms with E-state index >= 15 is 0 Å². The van der Waals surface area contributed by atoms with Crippen LogP contribution in [0.15, 0.2) is 42.5 Å². The lowest BCUT2D eigenvalue weighted by atomic mass is 10.0. The van der Waals surface area contributed by atoms with Crippen molar-refractivity contribution in [3.63, 3.8) is 0 Å². The molecule has 26 heavy (non-hydrogen) atoms. The topological polar surface area (TPSA) is 84.9 Å². The zero-order chi connectivity index (χ0) is 19.3. The minimum Gasteiger partial charge on any atom is -0.495 e. The molecule has 0 radical (unpaired) electrons. The van der Waals surface area contributed by atoms with E-state index in [9.17, 15) is 9.59 Å². The van der Waals surface area contributed by atoms with E-state index in [1.54, 1.807) is 13.0 Å². The van der Waals surface area contributed by atoms with Gasteiger partial charge in [-0.3, -0.25) is 4.79 Å². The van der Waals surface area contributed by atoms with Crippen molar-refractivity contribution in [3.8, 4) is 11.5 Å². The van der Waals surface area contributed by atoms with Gasteiger partial charge in [0.25, 0.3) is 5.91 Å². The summed E-state index contributed by atoms with van der Waals surface area (Å²) in [4.78, 5) is 23.4. The molecule has 0 aromatic heterocycles. The monoisotopic (exact) mass is 357 g/mol. The number of carboxylic acids is 1. The second-order valence-electron chi connectivity index (χ2n) is 6.20. The Labute approximate surface area is 152 Å². The molecular weight excluding hydrogens is 334 g/mol. The molecule has 6 heteroatoms.